The minimum absolute atomic E-state index is 0.767. The van der Waals surface area contributed by atoms with Crippen molar-refractivity contribution in [3.63, 3.8) is 0 Å². The monoisotopic (exact) mass is 246 g/mol. The molecule has 0 radical (unpaired) electrons. The standard InChI is InChI=1S/C13H18N4O/c1-9-12-10(2)16(3)8-11(12)13(15-14-9)17-4-6-18-7-5-17/h8H,4-7H2,1-3H3. The molecule has 0 spiro atoms. The van der Waals surface area contributed by atoms with Crippen molar-refractivity contribution in [2.45, 2.75) is 13.8 Å². The third-order valence-corrected chi connectivity index (χ3v) is 3.69. The summed E-state index contributed by atoms with van der Waals surface area (Å²) in [6.45, 7) is 7.46. The van der Waals surface area contributed by atoms with Crippen LogP contribution in [-0.4, -0.2) is 41.1 Å². The Hall–Kier alpha value is -1.62. The fraction of sp³-hybridized carbons (Fsp3) is 0.538. The Morgan fingerprint density at radius 1 is 1.17 bits per heavy atom. The predicted molar refractivity (Wildman–Crippen MR) is 71.0 cm³/mol. The van der Waals surface area contributed by atoms with E-state index in [-0.39, 0.29) is 0 Å². The average Bonchev–Trinajstić information content (AvgIpc) is 2.68. The Labute approximate surface area is 106 Å². The van der Waals surface area contributed by atoms with Crippen molar-refractivity contribution in [1.29, 1.82) is 0 Å². The highest BCUT2D eigenvalue weighted by atomic mass is 16.5. The quantitative estimate of drug-likeness (QED) is 0.763. The number of fused-ring (bicyclic) bond motifs is 1. The summed E-state index contributed by atoms with van der Waals surface area (Å²) in [6, 6.07) is 0. The number of ether oxygens (including phenoxy) is 1. The molecule has 5 heteroatoms. The molecule has 1 fully saturated rings. The Kier molecular flexibility index (Phi) is 2.70. The molecule has 0 N–H and O–H groups in total. The second-order valence-corrected chi connectivity index (χ2v) is 4.82. The number of aromatic nitrogens is 3. The first-order valence-electron chi connectivity index (χ1n) is 6.30. The van der Waals surface area contributed by atoms with Gasteiger partial charge in [-0.15, -0.1) is 5.10 Å². The van der Waals surface area contributed by atoms with Crippen LogP contribution in [0.1, 0.15) is 11.4 Å². The van der Waals surface area contributed by atoms with Crippen LogP contribution in [0, 0.1) is 13.8 Å². The molecule has 0 amide bonds. The van der Waals surface area contributed by atoms with Gasteiger partial charge >= 0.3 is 0 Å². The van der Waals surface area contributed by atoms with Crippen LogP contribution in [0.15, 0.2) is 6.20 Å². The molecule has 2 aromatic heterocycles. The number of hydrogen-bond donors (Lipinski definition) is 0. The van der Waals surface area contributed by atoms with Crippen LogP contribution >= 0.6 is 0 Å². The molecule has 5 nitrogen and oxygen atoms in total. The van der Waals surface area contributed by atoms with Gasteiger partial charge in [0.05, 0.1) is 18.9 Å². The minimum Gasteiger partial charge on any atom is -0.378 e. The van der Waals surface area contributed by atoms with Crippen LogP contribution in [0.2, 0.25) is 0 Å². The zero-order chi connectivity index (χ0) is 12.7. The lowest BCUT2D eigenvalue weighted by atomic mass is 10.2. The maximum absolute atomic E-state index is 5.39. The fourth-order valence-electron chi connectivity index (χ4n) is 2.59. The number of nitrogens with zero attached hydrogens (tertiary/aromatic N) is 4. The molecule has 96 valence electrons. The molecule has 1 aliphatic heterocycles. The number of morpholine rings is 1. The summed E-state index contributed by atoms with van der Waals surface area (Å²) < 4.78 is 7.53. The minimum atomic E-state index is 0.767. The summed E-state index contributed by atoms with van der Waals surface area (Å²) in [6.07, 6.45) is 2.15. The van der Waals surface area contributed by atoms with Crippen molar-refractivity contribution < 1.29 is 4.74 Å². The van der Waals surface area contributed by atoms with E-state index in [1.54, 1.807) is 0 Å². The largest absolute Gasteiger partial charge is 0.378 e. The number of aryl methyl sites for hydroxylation is 3. The van der Waals surface area contributed by atoms with E-state index in [0.717, 1.165) is 37.8 Å². The van der Waals surface area contributed by atoms with Crippen LogP contribution in [0.25, 0.3) is 10.8 Å². The molecule has 1 aliphatic rings. The van der Waals surface area contributed by atoms with Gasteiger partial charge in [0.15, 0.2) is 5.82 Å². The van der Waals surface area contributed by atoms with E-state index in [1.165, 1.54) is 16.5 Å². The molecule has 3 heterocycles. The molecule has 0 aromatic carbocycles. The number of hydrogen-bond acceptors (Lipinski definition) is 4. The van der Waals surface area contributed by atoms with Crippen molar-refractivity contribution in [2.75, 3.05) is 31.2 Å². The predicted octanol–water partition coefficient (Wildman–Crippen LogP) is 1.42. The first-order valence-corrected chi connectivity index (χ1v) is 6.30. The molecule has 18 heavy (non-hydrogen) atoms. The molecule has 1 saturated heterocycles. The Morgan fingerprint density at radius 3 is 2.61 bits per heavy atom. The third-order valence-electron chi connectivity index (χ3n) is 3.69. The Morgan fingerprint density at radius 2 is 1.89 bits per heavy atom. The molecule has 0 unspecified atom stereocenters. The van der Waals surface area contributed by atoms with Crippen LogP contribution in [0.3, 0.4) is 0 Å². The zero-order valence-electron chi connectivity index (χ0n) is 11.1. The second kappa shape index (κ2) is 4.24. The van der Waals surface area contributed by atoms with E-state index >= 15 is 0 Å². The van der Waals surface area contributed by atoms with Gasteiger partial charge in [0.2, 0.25) is 0 Å². The van der Waals surface area contributed by atoms with E-state index in [2.05, 4.69) is 39.8 Å². The summed E-state index contributed by atoms with van der Waals surface area (Å²) in [5.74, 6) is 0.989. The molecule has 0 bridgehead atoms. The summed E-state index contributed by atoms with van der Waals surface area (Å²) >= 11 is 0. The number of anilines is 1. The summed E-state index contributed by atoms with van der Waals surface area (Å²) in [7, 11) is 2.07. The molecule has 0 aliphatic carbocycles. The SMILES string of the molecule is Cc1nnc(N2CCOCC2)c2cn(C)c(C)c12. The van der Waals surface area contributed by atoms with Crippen molar-refractivity contribution >= 4 is 16.6 Å². The maximum atomic E-state index is 5.39. The highest BCUT2D eigenvalue weighted by Crippen LogP contribution is 2.29. The van der Waals surface area contributed by atoms with Crippen LogP contribution in [0.5, 0.6) is 0 Å². The Bertz CT molecular complexity index is 584. The van der Waals surface area contributed by atoms with Gasteiger partial charge in [0.25, 0.3) is 0 Å². The molecule has 3 rings (SSSR count). The number of rotatable bonds is 1. The highest BCUT2D eigenvalue weighted by molar-refractivity contribution is 5.95. The van der Waals surface area contributed by atoms with Gasteiger partial charge in [0.1, 0.15) is 0 Å². The molecule has 2 aromatic rings. The maximum Gasteiger partial charge on any atom is 0.160 e. The van der Waals surface area contributed by atoms with Crippen LogP contribution in [0.4, 0.5) is 5.82 Å². The van der Waals surface area contributed by atoms with Crippen molar-refractivity contribution in [1.82, 2.24) is 14.8 Å². The lowest BCUT2D eigenvalue weighted by molar-refractivity contribution is 0.122. The average molecular weight is 246 g/mol. The van der Waals surface area contributed by atoms with Crippen molar-refractivity contribution in [3.8, 4) is 0 Å². The zero-order valence-corrected chi connectivity index (χ0v) is 11.1. The van der Waals surface area contributed by atoms with Gasteiger partial charge in [-0.25, -0.2) is 0 Å². The molecule has 0 atom stereocenters. The smallest absolute Gasteiger partial charge is 0.160 e. The van der Waals surface area contributed by atoms with E-state index in [0.29, 0.717) is 0 Å². The summed E-state index contributed by atoms with van der Waals surface area (Å²) in [5.41, 5.74) is 2.24. The van der Waals surface area contributed by atoms with E-state index in [4.69, 9.17) is 4.74 Å². The second-order valence-electron chi connectivity index (χ2n) is 4.82. The third kappa shape index (κ3) is 1.66. The lowest BCUT2D eigenvalue weighted by Gasteiger charge is -2.27. The molecular formula is C13H18N4O. The van der Waals surface area contributed by atoms with Gasteiger partial charge in [-0.1, -0.05) is 0 Å². The summed E-state index contributed by atoms with van der Waals surface area (Å²) in [5, 5.41) is 11.1. The summed E-state index contributed by atoms with van der Waals surface area (Å²) in [4.78, 5) is 2.26. The van der Waals surface area contributed by atoms with E-state index < -0.39 is 0 Å². The van der Waals surface area contributed by atoms with Crippen LogP contribution in [-0.2, 0) is 11.8 Å². The lowest BCUT2D eigenvalue weighted by Crippen LogP contribution is -2.37. The van der Waals surface area contributed by atoms with Crippen LogP contribution < -0.4 is 4.90 Å². The van der Waals surface area contributed by atoms with Gasteiger partial charge in [-0.3, -0.25) is 0 Å². The van der Waals surface area contributed by atoms with E-state index in [9.17, 15) is 0 Å². The first-order chi connectivity index (χ1) is 8.68. The van der Waals surface area contributed by atoms with Gasteiger partial charge in [-0.2, -0.15) is 5.10 Å². The topological polar surface area (TPSA) is 43.2 Å². The Balaban J connectivity index is 2.17. The molecular weight excluding hydrogens is 228 g/mol. The fourth-order valence-corrected chi connectivity index (χ4v) is 2.59. The van der Waals surface area contributed by atoms with Gasteiger partial charge in [0, 0.05) is 42.8 Å². The normalized spacial score (nSPS) is 16.5. The first kappa shape index (κ1) is 11.5. The van der Waals surface area contributed by atoms with Crippen molar-refractivity contribution in [3.05, 3.63) is 17.6 Å². The molecule has 0 saturated carbocycles. The van der Waals surface area contributed by atoms with Crippen molar-refractivity contribution in [2.24, 2.45) is 7.05 Å². The highest BCUT2D eigenvalue weighted by Gasteiger charge is 2.19. The van der Waals surface area contributed by atoms with Gasteiger partial charge < -0.3 is 14.2 Å². The van der Waals surface area contributed by atoms with E-state index in [1.807, 2.05) is 6.92 Å². The van der Waals surface area contributed by atoms with Gasteiger partial charge in [-0.05, 0) is 13.8 Å².